The number of ether oxygens (including phenoxy) is 4. The highest BCUT2D eigenvalue weighted by atomic mass is 16.5. The van der Waals surface area contributed by atoms with Crippen molar-refractivity contribution < 1.29 is 18.9 Å². The molecule has 168 valence electrons. The van der Waals surface area contributed by atoms with E-state index in [1.54, 1.807) is 28.4 Å². The topological polar surface area (TPSA) is 73.3 Å². The van der Waals surface area contributed by atoms with Crippen molar-refractivity contribution in [1.82, 2.24) is 10.6 Å². The molecule has 2 N–H and O–H groups in total. The van der Waals surface area contributed by atoms with Gasteiger partial charge in [0.2, 0.25) is 0 Å². The third-order valence-corrected chi connectivity index (χ3v) is 5.30. The normalized spacial score (nSPS) is 13.5. The number of para-hydroxylation sites is 1. The Balaban J connectivity index is 1.55. The molecule has 1 aliphatic carbocycles. The summed E-state index contributed by atoms with van der Waals surface area (Å²) in [7, 11) is 6.68. The maximum Gasteiger partial charge on any atom is 0.191 e. The summed E-state index contributed by atoms with van der Waals surface area (Å²) in [5.74, 6) is 4.56. The first-order valence-corrected chi connectivity index (χ1v) is 10.6. The Kier molecular flexibility index (Phi) is 8.27. The Morgan fingerprint density at radius 3 is 2.29 bits per heavy atom. The molecule has 1 aliphatic rings. The minimum Gasteiger partial charge on any atom is -0.496 e. The highest BCUT2D eigenvalue weighted by Gasteiger charge is 2.22. The first kappa shape index (κ1) is 22.6. The van der Waals surface area contributed by atoms with Gasteiger partial charge >= 0.3 is 0 Å². The number of nitrogens with one attached hydrogen (secondary N) is 2. The zero-order chi connectivity index (χ0) is 22.1. The predicted octanol–water partition coefficient (Wildman–Crippen LogP) is 3.41. The summed E-state index contributed by atoms with van der Waals surface area (Å²) in [5, 5.41) is 6.72. The molecule has 7 heteroatoms. The van der Waals surface area contributed by atoms with E-state index < -0.39 is 0 Å². The van der Waals surface area contributed by atoms with Crippen molar-refractivity contribution in [2.24, 2.45) is 10.9 Å². The highest BCUT2D eigenvalue weighted by molar-refractivity contribution is 5.79. The fraction of sp³-hybridized carbons (Fsp3) is 0.458. The maximum absolute atomic E-state index is 6.00. The van der Waals surface area contributed by atoms with Crippen molar-refractivity contribution in [1.29, 1.82) is 0 Å². The molecule has 0 bridgehead atoms. The zero-order valence-corrected chi connectivity index (χ0v) is 18.9. The van der Waals surface area contributed by atoms with Crippen LogP contribution in [0.2, 0.25) is 0 Å². The van der Waals surface area contributed by atoms with Gasteiger partial charge in [0, 0.05) is 43.4 Å². The van der Waals surface area contributed by atoms with Gasteiger partial charge in [-0.2, -0.15) is 0 Å². The van der Waals surface area contributed by atoms with Crippen molar-refractivity contribution in [3.05, 3.63) is 47.5 Å². The first-order valence-electron chi connectivity index (χ1n) is 10.6. The van der Waals surface area contributed by atoms with E-state index in [2.05, 4.69) is 21.7 Å². The molecular weight excluding hydrogens is 394 g/mol. The third-order valence-electron chi connectivity index (χ3n) is 5.30. The fourth-order valence-electron chi connectivity index (χ4n) is 3.31. The molecule has 0 radical (unpaired) electrons. The molecule has 31 heavy (non-hydrogen) atoms. The number of guanidine groups is 1. The van der Waals surface area contributed by atoms with Crippen LogP contribution < -0.4 is 29.6 Å². The molecule has 7 nitrogen and oxygen atoms in total. The number of aliphatic imine (C=N–C) groups is 1. The van der Waals surface area contributed by atoms with Crippen LogP contribution in [0, 0.1) is 5.92 Å². The lowest BCUT2D eigenvalue weighted by Gasteiger charge is -2.17. The molecule has 0 atom stereocenters. The summed E-state index contributed by atoms with van der Waals surface area (Å²) >= 11 is 0. The van der Waals surface area contributed by atoms with Gasteiger partial charge in [-0.1, -0.05) is 18.2 Å². The second kappa shape index (κ2) is 11.3. The van der Waals surface area contributed by atoms with Crippen LogP contribution in [0.3, 0.4) is 0 Å². The largest absolute Gasteiger partial charge is 0.496 e. The highest BCUT2D eigenvalue weighted by Crippen LogP contribution is 2.34. The zero-order valence-electron chi connectivity index (χ0n) is 18.9. The van der Waals surface area contributed by atoms with E-state index in [-0.39, 0.29) is 0 Å². The number of hydrogen-bond donors (Lipinski definition) is 2. The van der Waals surface area contributed by atoms with Crippen LogP contribution in [0.25, 0.3) is 0 Å². The van der Waals surface area contributed by atoms with E-state index in [0.717, 1.165) is 46.9 Å². The van der Waals surface area contributed by atoms with E-state index in [1.807, 2.05) is 30.3 Å². The quantitative estimate of drug-likeness (QED) is 0.423. The van der Waals surface area contributed by atoms with Crippen molar-refractivity contribution >= 4 is 5.96 Å². The molecule has 0 amide bonds. The lowest BCUT2D eigenvalue weighted by molar-refractivity contribution is 0.296. The van der Waals surface area contributed by atoms with E-state index in [9.17, 15) is 0 Å². The van der Waals surface area contributed by atoms with E-state index in [1.165, 1.54) is 12.8 Å². The first-order chi connectivity index (χ1) is 15.2. The molecule has 0 spiro atoms. The van der Waals surface area contributed by atoms with E-state index in [0.29, 0.717) is 25.3 Å². The van der Waals surface area contributed by atoms with Gasteiger partial charge in [-0.3, -0.25) is 4.99 Å². The van der Waals surface area contributed by atoms with Crippen molar-refractivity contribution in [2.45, 2.75) is 25.8 Å². The van der Waals surface area contributed by atoms with Crippen molar-refractivity contribution in [3.63, 3.8) is 0 Å². The van der Waals surface area contributed by atoms with Crippen LogP contribution in [-0.2, 0) is 13.0 Å². The van der Waals surface area contributed by atoms with Crippen LogP contribution in [0.4, 0.5) is 0 Å². The maximum atomic E-state index is 6.00. The van der Waals surface area contributed by atoms with Crippen LogP contribution >= 0.6 is 0 Å². The van der Waals surface area contributed by atoms with Gasteiger partial charge in [-0.15, -0.1) is 0 Å². The molecule has 2 aromatic carbocycles. The summed E-state index contributed by atoms with van der Waals surface area (Å²) in [6, 6.07) is 11.9. The second-order valence-electron chi connectivity index (χ2n) is 7.48. The van der Waals surface area contributed by atoms with Crippen molar-refractivity contribution in [2.75, 3.05) is 41.5 Å². The minimum atomic E-state index is 0.635. The number of rotatable bonds is 11. The lowest BCUT2D eigenvalue weighted by Crippen LogP contribution is -2.38. The number of nitrogens with zero attached hydrogens (tertiary/aromatic N) is 1. The van der Waals surface area contributed by atoms with Gasteiger partial charge in [-0.25, -0.2) is 0 Å². The molecule has 0 heterocycles. The monoisotopic (exact) mass is 427 g/mol. The molecule has 0 aliphatic heterocycles. The van der Waals surface area contributed by atoms with E-state index in [4.69, 9.17) is 18.9 Å². The summed E-state index contributed by atoms with van der Waals surface area (Å²) in [6.45, 7) is 2.10. The molecule has 0 saturated heterocycles. The molecule has 0 aromatic heterocycles. The number of benzene rings is 2. The van der Waals surface area contributed by atoms with Crippen LogP contribution in [0.1, 0.15) is 24.0 Å². The Bertz CT molecular complexity index is 856. The smallest absolute Gasteiger partial charge is 0.191 e. The molecule has 1 fully saturated rings. The Hall–Kier alpha value is -3.09. The van der Waals surface area contributed by atoms with Crippen LogP contribution in [0.5, 0.6) is 23.0 Å². The van der Waals surface area contributed by atoms with Gasteiger partial charge in [0.15, 0.2) is 5.96 Å². The fourth-order valence-corrected chi connectivity index (χ4v) is 3.31. The standard InChI is InChI=1S/C24H33N3O4/c1-25-24(27-15-18-7-5-6-8-21(18)31-16-17-9-10-17)26-12-11-20-22(29-3)13-19(28-2)14-23(20)30-4/h5-8,13-14,17H,9-12,15-16H2,1-4H3,(H2,25,26,27). The van der Waals surface area contributed by atoms with Gasteiger partial charge in [0.1, 0.15) is 23.0 Å². The molecule has 3 rings (SSSR count). The van der Waals surface area contributed by atoms with Gasteiger partial charge in [0.05, 0.1) is 27.9 Å². The lowest BCUT2D eigenvalue weighted by atomic mass is 10.1. The second-order valence-corrected chi connectivity index (χ2v) is 7.48. The third kappa shape index (κ3) is 6.44. The molecule has 0 unspecified atom stereocenters. The molecule has 1 saturated carbocycles. The number of methoxy groups -OCH3 is 3. The van der Waals surface area contributed by atoms with Gasteiger partial charge in [-0.05, 0) is 31.2 Å². The summed E-state index contributed by atoms with van der Waals surface area (Å²) in [5.41, 5.74) is 2.09. The summed E-state index contributed by atoms with van der Waals surface area (Å²) < 4.78 is 22.4. The van der Waals surface area contributed by atoms with Gasteiger partial charge in [0.25, 0.3) is 0 Å². The Labute approximate surface area is 184 Å². The SMILES string of the molecule is CN=C(NCCc1c(OC)cc(OC)cc1OC)NCc1ccccc1OCC1CC1. The molecule has 2 aromatic rings. The predicted molar refractivity (Wildman–Crippen MR) is 123 cm³/mol. The summed E-state index contributed by atoms with van der Waals surface area (Å²) in [6.07, 6.45) is 3.26. The number of hydrogen-bond acceptors (Lipinski definition) is 5. The average Bonchev–Trinajstić information content (AvgIpc) is 3.64. The Morgan fingerprint density at radius 2 is 1.68 bits per heavy atom. The van der Waals surface area contributed by atoms with E-state index >= 15 is 0 Å². The summed E-state index contributed by atoms with van der Waals surface area (Å²) in [4.78, 5) is 4.33. The Morgan fingerprint density at radius 1 is 0.968 bits per heavy atom. The average molecular weight is 428 g/mol. The van der Waals surface area contributed by atoms with Crippen LogP contribution in [0.15, 0.2) is 41.4 Å². The van der Waals surface area contributed by atoms with Crippen molar-refractivity contribution in [3.8, 4) is 23.0 Å². The van der Waals surface area contributed by atoms with Crippen LogP contribution in [-0.4, -0.2) is 47.5 Å². The molecular formula is C24H33N3O4. The minimum absolute atomic E-state index is 0.635. The van der Waals surface area contributed by atoms with Gasteiger partial charge < -0.3 is 29.6 Å².